The Morgan fingerprint density at radius 2 is 2.20 bits per heavy atom. The van der Waals surface area contributed by atoms with Crippen molar-refractivity contribution in [2.45, 2.75) is 38.8 Å². The number of halogens is 1. The second kappa shape index (κ2) is 4.92. The molecule has 0 radical (unpaired) electrons. The zero-order chi connectivity index (χ0) is 14.3. The molecule has 1 saturated heterocycles. The first-order chi connectivity index (χ1) is 9.54. The third-order valence-corrected chi connectivity index (χ3v) is 4.81. The van der Waals surface area contributed by atoms with Crippen LogP contribution in [0.25, 0.3) is 0 Å². The first kappa shape index (κ1) is 13.7. The van der Waals surface area contributed by atoms with E-state index in [1.807, 2.05) is 0 Å². The maximum atomic E-state index is 13.3. The van der Waals surface area contributed by atoms with E-state index in [-0.39, 0.29) is 11.2 Å². The fourth-order valence-electron chi connectivity index (χ4n) is 3.77. The van der Waals surface area contributed by atoms with Gasteiger partial charge in [-0.05, 0) is 25.0 Å². The smallest absolute Gasteiger partial charge is 0.144 e. The second-order valence-electron chi connectivity index (χ2n) is 6.39. The quantitative estimate of drug-likeness (QED) is 0.919. The number of benzene rings is 1. The summed E-state index contributed by atoms with van der Waals surface area (Å²) >= 11 is 0. The van der Waals surface area contributed by atoms with Crippen LogP contribution in [0.5, 0.6) is 5.75 Å². The lowest BCUT2D eigenvalue weighted by molar-refractivity contribution is -0.177. The van der Waals surface area contributed by atoms with Gasteiger partial charge in [0.05, 0.1) is 18.9 Å². The molecule has 1 aromatic carbocycles. The maximum Gasteiger partial charge on any atom is 0.144 e. The molecule has 0 amide bonds. The Balaban J connectivity index is 1.81. The number of methoxy groups -OCH3 is 1. The molecule has 1 aliphatic heterocycles. The van der Waals surface area contributed by atoms with Gasteiger partial charge in [-0.1, -0.05) is 13.8 Å². The van der Waals surface area contributed by atoms with Crippen molar-refractivity contribution in [3.05, 3.63) is 24.0 Å². The van der Waals surface area contributed by atoms with Crippen molar-refractivity contribution in [2.75, 3.05) is 19.0 Å². The van der Waals surface area contributed by atoms with Gasteiger partial charge in [0.25, 0.3) is 0 Å². The lowest BCUT2D eigenvalue weighted by atomic mass is 9.55. The molecule has 1 heterocycles. The summed E-state index contributed by atoms with van der Waals surface area (Å²) in [6.45, 7) is 5.33. The Labute approximate surface area is 119 Å². The van der Waals surface area contributed by atoms with E-state index in [4.69, 9.17) is 9.47 Å². The van der Waals surface area contributed by atoms with Crippen LogP contribution in [0.1, 0.15) is 26.7 Å². The zero-order valence-corrected chi connectivity index (χ0v) is 12.3. The van der Waals surface area contributed by atoms with Crippen molar-refractivity contribution in [3.8, 4) is 5.75 Å². The van der Waals surface area contributed by atoms with Gasteiger partial charge in [-0.15, -0.1) is 0 Å². The van der Waals surface area contributed by atoms with Crippen LogP contribution in [0, 0.1) is 17.2 Å². The van der Waals surface area contributed by atoms with Gasteiger partial charge in [0.1, 0.15) is 11.6 Å². The Kier molecular flexibility index (Phi) is 3.36. The molecule has 3 rings (SSSR count). The van der Waals surface area contributed by atoms with E-state index in [1.54, 1.807) is 13.2 Å². The molecule has 1 N–H and O–H groups in total. The van der Waals surface area contributed by atoms with E-state index >= 15 is 0 Å². The van der Waals surface area contributed by atoms with Gasteiger partial charge in [0.15, 0.2) is 0 Å². The van der Waals surface area contributed by atoms with Crippen molar-refractivity contribution in [1.29, 1.82) is 0 Å². The number of hydrogen-bond acceptors (Lipinski definition) is 3. The Hall–Kier alpha value is -1.29. The fourth-order valence-corrected chi connectivity index (χ4v) is 3.77. The average Bonchev–Trinajstić information content (AvgIpc) is 2.45. The number of ether oxygens (including phenoxy) is 2. The Morgan fingerprint density at radius 1 is 1.40 bits per heavy atom. The highest BCUT2D eigenvalue weighted by Gasteiger charge is 2.58. The van der Waals surface area contributed by atoms with Crippen LogP contribution in [0.3, 0.4) is 0 Å². The van der Waals surface area contributed by atoms with Gasteiger partial charge < -0.3 is 14.8 Å². The van der Waals surface area contributed by atoms with Crippen molar-refractivity contribution in [3.63, 3.8) is 0 Å². The van der Waals surface area contributed by atoms with Crippen LogP contribution in [0.4, 0.5) is 10.1 Å². The Bertz CT molecular complexity index is 503. The third kappa shape index (κ3) is 2.06. The number of anilines is 1. The van der Waals surface area contributed by atoms with Crippen LogP contribution < -0.4 is 10.1 Å². The molecule has 3 unspecified atom stereocenters. The standard InChI is InChI=1S/C16H22FNO2/c1-16(2)14(11-5-4-8-20-15(11)16)18-12-7-6-10(17)9-13(12)19-3/h6-7,9,11,14-15,18H,4-5,8H2,1-3H3. The lowest BCUT2D eigenvalue weighted by Gasteiger charge is -2.60. The van der Waals surface area contributed by atoms with Crippen molar-refractivity contribution in [2.24, 2.45) is 11.3 Å². The average molecular weight is 279 g/mol. The molecule has 1 aliphatic carbocycles. The highest BCUT2D eigenvalue weighted by atomic mass is 19.1. The summed E-state index contributed by atoms with van der Waals surface area (Å²) in [6.07, 6.45) is 2.64. The van der Waals surface area contributed by atoms with E-state index in [1.165, 1.54) is 18.6 Å². The minimum Gasteiger partial charge on any atom is -0.494 e. The molecule has 1 saturated carbocycles. The monoisotopic (exact) mass is 279 g/mol. The highest BCUT2D eigenvalue weighted by molar-refractivity contribution is 5.58. The molecular weight excluding hydrogens is 257 g/mol. The van der Waals surface area contributed by atoms with E-state index in [0.717, 1.165) is 18.7 Å². The number of rotatable bonds is 3. The van der Waals surface area contributed by atoms with Crippen LogP contribution in [0.15, 0.2) is 18.2 Å². The van der Waals surface area contributed by atoms with E-state index < -0.39 is 0 Å². The molecule has 2 fully saturated rings. The maximum absolute atomic E-state index is 13.3. The molecule has 4 heteroatoms. The summed E-state index contributed by atoms with van der Waals surface area (Å²) in [6, 6.07) is 4.97. The molecule has 2 aliphatic rings. The number of hydrogen-bond donors (Lipinski definition) is 1. The predicted molar refractivity (Wildman–Crippen MR) is 76.6 cm³/mol. The molecule has 0 bridgehead atoms. The van der Waals surface area contributed by atoms with E-state index in [0.29, 0.717) is 23.8 Å². The first-order valence-corrected chi connectivity index (χ1v) is 7.25. The summed E-state index contributed by atoms with van der Waals surface area (Å²) in [4.78, 5) is 0. The van der Waals surface area contributed by atoms with Gasteiger partial charge in [-0.3, -0.25) is 0 Å². The molecule has 3 atom stereocenters. The first-order valence-electron chi connectivity index (χ1n) is 7.25. The largest absolute Gasteiger partial charge is 0.494 e. The van der Waals surface area contributed by atoms with Crippen LogP contribution in [-0.4, -0.2) is 25.9 Å². The SMILES string of the molecule is COc1cc(F)ccc1NC1C2CCCOC2C1(C)C. The van der Waals surface area contributed by atoms with Crippen molar-refractivity contribution >= 4 is 5.69 Å². The van der Waals surface area contributed by atoms with Crippen LogP contribution in [0.2, 0.25) is 0 Å². The van der Waals surface area contributed by atoms with Gasteiger partial charge in [0.2, 0.25) is 0 Å². The molecule has 3 nitrogen and oxygen atoms in total. The van der Waals surface area contributed by atoms with Gasteiger partial charge in [0, 0.05) is 30.0 Å². The molecule has 0 spiro atoms. The molecule has 110 valence electrons. The number of nitrogens with one attached hydrogen (secondary N) is 1. The molecule has 1 aromatic rings. The normalized spacial score (nSPS) is 31.1. The highest BCUT2D eigenvalue weighted by Crippen LogP contribution is 2.52. The lowest BCUT2D eigenvalue weighted by Crippen LogP contribution is -2.67. The molecule has 0 aromatic heterocycles. The van der Waals surface area contributed by atoms with Crippen LogP contribution >= 0.6 is 0 Å². The van der Waals surface area contributed by atoms with Gasteiger partial charge in [-0.25, -0.2) is 4.39 Å². The number of fused-ring (bicyclic) bond motifs is 1. The van der Waals surface area contributed by atoms with E-state index in [9.17, 15) is 4.39 Å². The second-order valence-corrected chi connectivity index (χ2v) is 6.39. The third-order valence-electron chi connectivity index (χ3n) is 4.81. The summed E-state index contributed by atoms with van der Waals surface area (Å²) in [5.74, 6) is 0.814. The summed E-state index contributed by atoms with van der Waals surface area (Å²) < 4.78 is 24.4. The summed E-state index contributed by atoms with van der Waals surface area (Å²) in [7, 11) is 1.57. The Morgan fingerprint density at radius 3 is 2.95 bits per heavy atom. The van der Waals surface area contributed by atoms with Gasteiger partial charge >= 0.3 is 0 Å². The van der Waals surface area contributed by atoms with Crippen molar-refractivity contribution < 1.29 is 13.9 Å². The topological polar surface area (TPSA) is 30.5 Å². The summed E-state index contributed by atoms with van der Waals surface area (Å²) in [5.41, 5.74) is 0.945. The van der Waals surface area contributed by atoms with Gasteiger partial charge in [-0.2, -0.15) is 0 Å². The predicted octanol–water partition coefficient (Wildman–Crippen LogP) is 3.45. The fraction of sp³-hybridized carbons (Fsp3) is 0.625. The van der Waals surface area contributed by atoms with Crippen molar-refractivity contribution in [1.82, 2.24) is 0 Å². The zero-order valence-electron chi connectivity index (χ0n) is 12.3. The minimum absolute atomic E-state index is 0.0878. The minimum atomic E-state index is -0.279. The van der Waals surface area contributed by atoms with E-state index in [2.05, 4.69) is 19.2 Å². The van der Waals surface area contributed by atoms with Crippen LogP contribution in [-0.2, 0) is 4.74 Å². The molecular formula is C16H22FNO2. The molecule has 20 heavy (non-hydrogen) atoms. The summed E-state index contributed by atoms with van der Waals surface area (Å²) in [5, 5.41) is 3.54.